The minimum Gasteiger partial charge on any atom is -0.319 e. The third kappa shape index (κ3) is 3.96. The molecule has 0 aliphatic rings. The van der Waals surface area contributed by atoms with Crippen molar-refractivity contribution in [2.45, 2.75) is 33.7 Å². The first-order chi connectivity index (χ1) is 12.3. The minimum atomic E-state index is -2.50. The van der Waals surface area contributed by atoms with Crippen LogP contribution in [0, 0.1) is 20.8 Å². The maximum absolute atomic E-state index is 12.5. The van der Waals surface area contributed by atoms with Crippen molar-refractivity contribution >= 4 is 22.9 Å². The Morgan fingerprint density at radius 2 is 2.08 bits per heavy atom. The van der Waals surface area contributed by atoms with E-state index >= 15 is 0 Å². The number of aromatic nitrogens is 3. The number of carbonyl (C=O) groups excluding carboxylic acids is 1. The third-order valence-corrected chi connectivity index (χ3v) is 5.02. The number of nitrogens with one attached hydrogen (secondary N) is 1. The summed E-state index contributed by atoms with van der Waals surface area (Å²) in [5, 5.41) is 7.27. The normalized spacial score (nSPS) is 11.2. The van der Waals surface area contributed by atoms with E-state index in [1.807, 2.05) is 26.0 Å². The number of carbonyl (C=O) groups is 1. The number of alkyl halides is 2. The number of hydrogen-bond donors (Lipinski definition) is 1. The molecule has 0 fully saturated rings. The van der Waals surface area contributed by atoms with E-state index in [9.17, 15) is 13.6 Å². The van der Waals surface area contributed by atoms with Crippen LogP contribution in [0.4, 0.5) is 14.5 Å². The lowest BCUT2D eigenvalue weighted by atomic mass is 10.1. The fraction of sp³-hybridized carbons (Fsp3) is 0.278. The van der Waals surface area contributed by atoms with E-state index in [1.54, 1.807) is 6.92 Å². The van der Waals surface area contributed by atoms with Crippen LogP contribution in [0.25, 0.3) is 10.6 Å². The van der Waals surface area contributed by atoms with Gasteiger partial charge in [-0.2, -0.15) is 5.10 Å². The second-order valence-electron chi connectivity index (χ2n) is 6.05. The maximum Gasteiger partial charge on any atom is 0.267 e. The van der Waals surface area contributed by atoms with Gasteiger partial charge in [0.25, 0.3) is 12.3 Å². The summed E-state index contributed by atoms with van der Waals surface area (Å²) in [6.07, 6.45) is 0.232. The number of aryl methyl sites for hydroxylation is 3. The summed E-state index contributed by atoms with van der Waals surface area (Å²) in [7, 11) is 0. The fourth-order valence-corrected chi connectivity index (χ4v) is 3.69. The summed E-state index contributed by atoms with van der Waals surface area (Å²) >= 11 is 1.31. The van der Waals surface area contributed by atoms with Crippen LogP contribution >= 0.6 is 11.3 Å². The number of amides is 1. The molecule has 136 valence electrons. The SMILES string of the molecule is Cc1ccc(-c2nc(C)c(C(=O)Nc3cnn(CC(F)F)c3)s2)c(C)c1. The van der Waals surface area contributed by atoms with Crippen molar-refractivity contribution < 1.29 is 13.6 Å². The van der Waals surface area contributed by atoms with E-state index < -0.39 is 13.0 Å². The number of nitrogens with zero attached hydrogens (tertiary/aromatic N) is 3. The van der Waals surface area contributed by atoms with E-state index in [4.69, 9.17) is 0 Å². The molecule has 0 radical (unpaired) electrons. The molecule has 26 heavy (non-hydrogen) atoms. The van der Waals surface area contributed by atoms with Crippen LogP contribution in [0.3, 0.4) is 0 Å². The Kier molecular flexibility index (Phi) is 5.13. The fourth-order valence-electron chi connectivity index (χ4n) is 2.63. The minimum absolute atomic E-state index is 0.326. The van der Waals surface area contributed by atoms with Crippen LogP contribution in [0.1, 0.15) is 26.5 Å². The highest BCUT2D eigenvalue weighted by Crippen LogP contribution is 2.31. The van der Waals surface area contributed by atoms with Gasteiger partial charge < -0.3 is 5.32 Å². The van der Waals surface area contributed by atoms with Crippen molar-refractivity contribution in [2.75, 3.05) is 5.32 Å². The second-order valence-corrected chi connectivity index (χ2v) is 7.05. The molecule has 0 aliphatic heterocycles. The molecule has 0 aliphatic carbocycles. The summed E-state index contributed by atoms with van der Waals surface area (Å²) in [6.45, 7) is 5.30. The Labute approximate surface area is 153 Å². The number of thiazole rings is 1. The average Bonchev–Trinajstić information content (AvgIpc) is 3.13. The number of hydrogen-bond acceptors (Lipinski definition) is 4. The van der Waals surface area contributed by atoms with E-state index in [2.05, 4.69) is 21.5 Å². The molecule has 0 unspecified atom stereocenters. The summed E-state index contributed by atoms with van der Waals surface area (Å²) in [6, 6.07) is 6.08. The first-order valence-corrected chi connectivity index (χ1v) is 8.82. The zero-order valence-electron chi connectivity index (χ0n) is 14.6. The Morgan fingerprint density at radius 1 is 1.31 bits per heavy atom. The molecule has 2 heterocycles. The molecule has 0 spiro atoms. The van der Waals surface area contributed by atoms with Crippen molar-refractivity contribution in [1.29, 1.82) is 0 Å². The lowest BCUT2D eigenvalue weighted by Crippen LogP contribution is -2.11. The van der Waals surface area contributed by atoms with Crippen LogP contribution in [-0.2, 0) is 6.54 Å². The molecule has 1 N–H and O–H groups in total. The smallest absolute Gasteiger partial charge is 0.267 e. The monoisotopic (exact) mass is 376 g/mol. The molecule has 0 saturated heterocycles. The van der Waals surface area contributed by atoms with Gasteiger partial charge in [0.15, 0.2) is 0 Å². The molecule has 3 aromatic rings. The van der Waals surface area contributed by atoms with Crippen molar-refractivity contribution in [3.63, 3.8) is 0 Å². The summed E-state index contributed by atoms with van der Waals surface area (Å²) in [5.41, 5.74) is 4.25. The van der Waals surface area contributed by atoms with E-state index in [-0.39, 0.29) is 5.91 Å². The molecule has 0 bridgehead atoms. The summed E-state index contributed by atoms with van der Waals surface area (Å²) in [5.74, 6) is -0.326. The standard InChI is InChI=1S/C18H18F2N4OS/c1-10-4-5-14(11(2)6-10)18-22-12(3)16(26-18)17(25)23-13-7-21-24(8-13)9-15(19)20/h4-8,15H,9H2,1-3H3,(H,23,25). The largest absolute Gasteiger partial charge is 0.319 e. The van der Waals surface area contributed by atoms with E-state index in [0.29, 0.717) is 16.3 Å². The summed E-state index contributed by atoms with van der Waals surface area (Å²) in [4.78, 5) is 17.5. The van der Waals surface area contributed by atoms with Gasteiger partial charge in [-0.05, 0) is 26.3 Å². The predicted octanol–water partition coefficient (Wildman–Crippen LogP) is 4.45. The van der Waals surface area contributed by atoms with Crippen LogP contribution in [0.5, 0.6) is 0 Å². The number of benzene rings is 1. The van der Waals surface area contributed by atoms with Crippen LogP contribution in [0.15, 0.2) is 30.6 Å². The van der Waals surface area contributed by atoms with Crippen LogP contribution in [0.2, 0.25) is 0 Å². The van der Waals surface area contributed by atoms with Crippen molar-refractivity contribution in [1.82, 2.24) is 14.8 Å². The second kappa shape index (κ2) is 7.33. The zero-order chi connectivity index (χ0) is 18.8. The van der Waals surface area contributed by atoms with Gasteiger partial charge in [-0.25, -0.2) is 13.8 Å². The Hall–Kier alpha value is -2.61. The van der Waals surface area contributed by atoms with Crippen molar-refractivity contribution in [3.05, 3.63) is 52.3 Å². The Bertz CT molecular complexity index is 949. The zero-order valence-corrected chi connectivity index (χ0v) is 15.4. The van der Waals surface area contributed by atoms with Gasteiger partial charge >= 0.3 is 0 Å². The molecule has 0 atom stereocenters. The van der Waals surface area contributed by atoms with Crippen molar-refractivity contribution in [2.24, 2.45) is 0 Å². The van der Waals surface area contributed by atoms with Gasteiger partial charge in [0, 0.05) is 11.8 Å². The molecule has 1 amide bonds. The van der Waals surface area contributed by atoms with Crippen molar-refractivity contribution in [3.8, 4) is 10.6 Å². The van der Waals surface area contributed by atoms with E-state index in [1.165, 1.54) is 29.3 Å². The topological polar surface area (TPSA) is 59.8 Å². The van der Waals surface area contributed by atoms with E-state index in [0.717, 1.165) is 20.8 Å². The predicted molar refractivity (Wildman–Crippen MR) is 97.9 cm³/mol. The quantitative estimate of drug-likeness (QED) is 0.716. The highest BCUT2D eigenvalue weighted by atomic mass is 32.1. The van der Waals surface area contributed by atoms with Gasteiger partial charge in [-0.3, -0.25) is 9.48 Å². The van der Waals surface area contributed by atoms with Gasteiger partial charge in [0.1, 0.15) is 16.4 Å². The summed E-state index contributed by atoms with van der Waals surface area (Å²) < 4.78 is 25.9. The van der Waals surface area contributed by atoms with Gasteiger partial charge in [-0.1, -0.05) is 23.8 Å². The molecule has 1 aromatic carbocycles. The number of anilines is 1. The van der Waals surface area contributed by atoms with Crippen LogP contribution in [-0.4, -0.2) is 27.1 Å². The lowest BCUT2D eigenvalue weighted by molar-refractivity contribution is 0.103. The third-order valence-electron chi connectivity index (χ3n) is 3.83. The first kappa shape index (κ1) is 18.2. The molecule has 2 aromatic heterocycles. The highest BCUT2D eigenvalue weighted by molar-refractivity contribution is 7.17. The van der Waals surface area contributed by atoms with Gasteiger partial charge in [0.2, 0.25) is 0 Å². The molecular formula is C18H18F2N4OS. The molecule has 8 heteroatoms. The highest BCUT2D eigenvalue weighted by Gasteiger charge is 2.18. The molecule has 5 nitrogen and oxygen atoms in total. The number of halogens is 2. The van der Waals surface area contributed by atoms with Gasteiger partial charge in [0.05, 0.1) is 17.6 Å². The first-order valence-electron chi connectivity index (χ1n) is 8.00. The van der Waals surface area contributed by atoms with Crippen LogP contribution < -0.4 is 5.32 Å². The maximum atomic E-state index is 12.5. The number of rotatable bonds is 5. The molecule has 3 rings (SSSR count). The molecular weight excluding hydrogens is 358 g/mol. The lowest BCUT2D eigenvalue weighted by Gasteiger charge is -2.03. The molecule has 0 saturated carbocycles. The van der Waals surface area contributed by atoms with Gasteiger partial charge in [-0.15, -0.1) is 11.3 Å². The Balaban J connectivity index is 1.80. The average molecular weight is 376 g/mol. The Morgan fingerprint density at radius 3 is 2.77 bits per heavy atom.